The maximum atomic E-state index is 13.5. The van der Waals surface area contributed by atoms with Gasteiger partial charge in [-0.05, 0) is 29.8 Å². The SMILES string of the molecule is Nc1ccc(F)cc1-c1ccccc1OCc1ccccc1. The number of ether oxygens (including phenoxy) is 1. The molecule has 0 aliphatic carbocycles. The molecule has 22 heavy (non-hydrogen) atoms. The van der Waals surface area contributed by atoms with E-state index < -0.39 is 0 Å². The summed E-state index contributed by atoms with van der Waals surface area (Å²) in [6.45, 7) is 0.451. The number of anilines is 1. The van der Waals surface area contributed by atoms with Crippen LogP contribution in [0, 0.1) is 5.82 Å². The van der Waals surface area contributed by atoms with Gasteiger partial charge in [0.1, 0.15) is 18.2 Å². The van der Waals surface area contributed by atoms with Crippen molar-refractivity contribution in [2.75, 3.05) is 5.73 Å². The van der Waals surface area contributed by atoms with Crippen molar-refractivity contribution < 1.29 is 9.13 Å². The first-order chi connectivity index (χ1) is 10.7. The Morgan fingerprint density at radius 2 is 1.55 bits per heavy atom. The first kappa shape index (κ1) is 14.1. The van der Waals surface area contributed by atoms with Crippen LogP contribution in [0.5, 0.6) is 5.75 Å². The number of rotatable bonds is 4. The molecule has 110 valence electrons. The molecule has 0 spiro atoms. The van der Waals surface area contributed by atoms with E-state index in [0.29, 0.717) is 23.6 Å². The molecule has 0 amide bonds. The lowest BCUT2D eigenvalue weighted by Crippen LogP contribution is -1.98. The number of nitrogens with two attached hydrogens (primary N) is 1. The Labute approximate surface area is 129 Å². The third-order valence-corrected chi connectivity index (χ3v) is 3.43. The number of para-hydroxylation sites is 1. The van der Waals surface area contributed by atoms with Crippen LogP contribution in [-0.4, -0.2) is 0 Å². The van der Waals surface area contributed by atoms with Crippen molar-refractivity contribution in [3.63, 3.8) is 0 Å². The lowest BCUT2D eigenvalue weighted by molar-refractivity contribution is 0.307. The second-order valence-corrected chi connectivity index (χ2v) is 5.00. The molecule has 0 aliphatic heterocycles. The summed E-state index contributed by atoms with van der Waals surface area (Å²) in [5, 5.41) is 0. The fraction of sp³-hybridized carbons (Fsp3) is 0.0526. The molecule has 2 N–H and O–H groups in total. The van der Waals surface area contributed by atoms with Gasteiger partial charge in [-0.1, -0.05) is 48.5 Å². The number of halogens is 1. The van der Waals surface area contributed by atoms with Crippen molar-refractivity contribution in [1.82, 2.24) is 0 Å². The molecule has 0 heterocycles. The predicted octanol–water partition coefficient (Wildman–Crippen LogP) is 4.65. The van der Waals surface area contributed by atoms with E-state index in [2.05, 4.69) is 0 Å². The Hall–Kier alpha value is -2.81. The van der Waals surface area contributed by atoms with Gasteiger partial charge in [0.05, 0.1) is 0 Å². The summed E-state index contributed by atoms with van der Waals surface area (Å²) in [5.41, 5.74) is 9.00. The molecular formula is C19H16FNO. The summed E-state index contributed by atoms with van der Waals surface area (Å²) in [7, 11) is 0. The molecule has 0 bridgehead atoms. The zero-order valence-corrected chi connectivity index (χ0v) is 12.0. The standard InChI is InChI=1S/C19H16FNO/c20-15-10-11-18(21)17(12-15)16-8-4-5-9-19(16)22-13-14-6-2-1-3-7-14/h1-12H,13,21H2. The van der Waals surface area contributed by atoms with Gasteiger partial charge in [-0.3, -0.25) is 0 Å². The molecule has 0 aromatic heterocycles. The van der Waals surface area contributed by atoms with Crippen molar-refractivity contribution in [2.24, 2.45) is 0 Å². The molecule has 0 unspecified atom stereocenters. The highest BCUT2D eigenvalue weighted by Gasteiger charge is 2.10. The number of hydrogen-bond acceptors (Lipinski definition) is 2. The van der Waals surface area contributed by atoms with Gasteiger partial charge >= 0.3 is 0 Å². The molecule has 0 atom stereocenters. The molecule has 3 rings (SSSR count). The fourth-order valence-electron chi connectivity index (χ4n) is 2.31. The summed E-state index contributed by atoms with van der Waals surface area (Å²) in [4.78, 5) is 0. The van der Waals surface area contributed by atoms with Crippen LogP contribution in [0.2, 0.25) is 0 Å². The van der Waals surface area contributed by atoms with Crippen LogP contribution in [0.3, 0.4) is 0 Å². The summed E-state index contributed by atoms with van der Waals surface area (Å²) < 4.78 is 19.4. The Bertz CT molecular complexity index is 771. The van der Waals surface area contributed by atoms with Crippen LogP contribution in [0.25, 0.3) is 11.1 Å². The Balaban J connectivity index is 1.91. The molecule has 0 aliphatic rings. The lowest BCUT2D eigenvalue weighted by Gasteiger charge is -2.13. The summed E-state index contributed by atoms with van der Waals surface area (Å²) in [5.74, 6) is 0.366. The van der Waals surface area contributed by atoms with Gasteiger partial charge in [0, 0.05) is 16.8 Å². The Morgan fingerprint density at radius 1 is 0.818 bits per heavy atom. The minimum Gasteiger partial charge on any atom is -0.488 e. The quantitative estimate of drug-likeness (QED) is 0.710. The number of nitrogen functional groups attached to an aromatic ring is 1. The predicted molar refractivity (Wildman–Crippen MR) is 87.0 cm³/mol. The third kappa shape index (κ3) is 3.09. The van der Waals surface area contributed by atoms with Gasteiger partial charge in [-0.25, -0.2) is 4.39 Å². The molecular weight excluding hydrogens is 277 g/mol. The summed E-state index contributed by atoms with van der Waals surface area (Å²) in [6.07, 6.45) is 0. The number of hydrogen-bond donors (Lipinski definition) is 1. The second-order valence-electron chi connectivity index (χ2n) is 5.00. The fourth-order valence-corrected chi connectivity index (χ4v) is 2.31. The monoisotopic (exact) mass is 293 g/mol. The molecule has 2 nitrogen and oxygen atoms in total. The van der Waals surface area contributed by atoms with Gasteiger partial charge in [-0.15, -0.1) is 0 Å². The molecule has 0 saturated carbocycles. The lowest BCUT2D eigenvalue weighted by atomic mass is 10.0. The van der Waals surface area contributed by atoms with Crippen molar-refractivity contribution in [3.05, 3.63) is 84.2 Å². The molecule has 3 aromatic carbocycles. The van der Waals surface area contributed by atoms with E-state index in [1.165, 1.54) is 12.1 Å². The zero-order valence-electron chi connectivity index (χ0n) is 12.0. The van der Waals surface area contributed by atoms with E-state index in [9.17, 15) is 4.39 Å². The van der Waals surface area contributed by atoms with Crippen molar-refractivity contribution in [3.8, 4) is 16.9 Å². The van der Waals surface area contributed by atoms with E-state index in [1.807, 2.05) is 54.6 Å². The topological polar surface area (TPSA) is 35.2 Å². The van der Waals surface area contributed by atoms with Crippen molar-refractivity contribution in [2.45, 2.75) is 6.61 Å². The molecule has 0 fully saturated rings. The van der Waals surface area contributed by atoms with Crippen LogP contribution >= 0.6 is 0 Å². The molecule has 0 radical (unpaired) electrons. The Morgan fingerprint density at radius 3 is 2.36 bits per heavy atom. The van der Waals surface area contributed by atoms with E-state index in [1.54, 1.807) is 6.07 Å². The molecule has 3 heteroatoms. The summed E-state index contributed by atoms with van der Waals surface area (Å²) in [6, 6.07) is 21.8. The van der Waals surface area contributed by atoms with E-state index in [4.69, 9.17) is 10.5 Å². The van der Waals surface area contributed by atoms with Gasteiger partial charge in [0.25, 0.3) is 0 Å². The largest absolute Gasteiger partial charge is 0.488 e. The van der Waals surface area contributed by atoms with Crippen LogP contribution in [0.1, 0.15) is 5.56 Å². The molecule has 3 aromatic rings. The van der Waals surface area contributed by atoms with Gasteiger partial charge < -0.3 is 10.5 Å². The normalized spacial score (nSPS) is 10.4. The van der Waals surface area contributed by atoms with Gasteiger partial charge in [-0.2, -0.15) is 0 Å². The maximum absolute atomic E-state index is 13.5. The highest BCUT2D eigenvalue weighted by molar-refractivity contribution is 5.80. The van der Waals surface area contributed by atoms with Crippen LogP contribution in [-0.2, 0) is 6.61 Å². The highest BCUT2D eigenvalue weighted by Crippen LogP contribution is 2.34. The van der Waals surface area contributed by atoms with Crippen LogP contribution in [0.15, 0.2) is 72.8 Å². The second kappa shape index (κ2) is 6.31. The first-order valence-corrected chi connectivity index (χ1v) is 7.05. The molecule has 0 saturated heterocycles. The first-order valence-electron chi connectivity index (χ1n) is 7.05. The van der Waals surface area contributed by atoms with E-state index in [0.717, 1.165) is 11.1 Å². The average Bonchev–Trinajstić information content (AvgIpc) is 2.56. The van der Waals surface area contributed by atoms with Gasteiger partial charge in [0.15, 0.2) is 0 Å². The minimum absolute atomic E-state index is 0.318. The Kier molecular flexibility index (Phi) is 4.05. The minimum atomic E-state index is -0.318. The van der Waals surface area contributed by atoms with Crippen LogP contribution < -0.4 is 10.5 Å². The smallest absolute Gasteiger partial charge is 0.127 e. The van der Waals surface area contributed by atoms with Crippen molar-refractivity contribution >= 4 is 5.69 Å². The maximum Gasteiger partial charge on any atom is 0.127 e. The van der Waals surface area contributed by atoms with Crippen LogP contribution in [0.4, 0.5) is 10.1 Å². The highest BCUT2D eigenvalue weighted by atomic mass is 19.1. The van der Waals surface area contributed by atoms with Crippen molar-refractivity contribution in [1.29, 1.82) is 0 Å². The van der Waals surface area contributed by atoms with E-state index in [-0.39, 0.29) is 5.82 Å². The zero-order chi connectivity index (χ0) is 15.4. The van der Waals surface area contributed by atoms with Gasteiger partial charge in [0.2, 0.25) is 0 Å². The van der Waals surface area contributed by atoms with E-state index >= 15 is 0 Å². The summed E-state index contributed by atoms with van der Waals surface area (Å²) >= 11 is 0. The average molecular weight is 293 g/mol. The third-order valence-electron chi connectivity index (χ3n) is 3.43. The number of benzene rings is 3.